The Morgan fingerprint density at radius 3 is 2.36 bits per heavy atom. The maximum Gasteiger partial charge on any atom is 0.251 e. The third-order valence-corrected chi connectivity index (χ3v) is 4.65. The second-order valence-corrected chi connectivity index (χ2v) is 6.69. The Kier molecular flexibility index (Phi) is 5.85. The van der Waals surface area contributed by atoms with Crippen LogP contribution in [0.4, 0.5) is 0 Å². The van der Waals surface area contributed by atoms with E-state index in [0.717, 1.165) is 11.3 Å². The highest BCUT2D eigenvalue weighted by molar-refractivity contribution is 8.14. The lowest BCUT2D eigenvalue weighted by molar-refractivity contribution is -0.121. The molecule has 2 amide bonds. The van der Waals surface area contributed by atoms with Crippen LogP contribution in [-0.2, 0) is 11.2 Å². The van der Waals surface area contributed by atoms with Crippen LogP contribution in [0.1, 0.15) is 15.9 Å². The number of aliphatic imine (C=N–C) groups is 1. The van der Waals surface area contributed by atoms with E-state index in [-0.39, 0.29) is 11.8 Å². The van der Waals surface area contributed by atoms with E-state index in [4.69, 9.17) is 0 Å². The molecule has 3 rings (SSSR count). The van der Waals surface area contributed by atoms with Crippen LogP contribution in [-0.4, -0.2) is 35.3 Å². The molecule has 0 radical (unpaired) electrons. The zero-order valence-corrected chi connectivity index (χ0v) is 14.5. The van der Waals surface area contributed by atoms with Gasteiger partial charge in [0, 0.05) is 17.7 Å². The van der Waals surface area contributed by atoms with Crippen molar-refractivity contribution < 1.29 is 9.59 Å². The average molecular weight is 353 g/mol. The van der Waals surface area contributed by atoms with Crippen molar-refractivity contribution in [2.24, 2.45) is 4.99 Å². The van der Waals surface area contributed by atoms with Crippen LogP contribution in [0.25, 0.3) is 0 Å². The highest BCUT2D eigenvalue weighted by Gasteiger charge is 2.23. The van der Waals surface area contributed by atoms with E-state index in [0.29, 0.717) is 23.7 Å². The molecule has 1 aliphatic heterocycles. The summed E-state index contributed by atoms with van der Waals surface area (Å²) in [5, 5.41) is 6.28. The Morgan fingerprint density at radius 2 is 1.72 bits per heavy atom. The van der Waals surface area contributed by atoms with Crippen molar-refractivity contribution in [2.75, 3.05) is 12.3 Å². The van der Waals surface area contributed by atoms with Crippen LogP contribution < -0.4 is 10.6 Å². The molecule has 5 nitrogen and oxygen atoms in total. The lowest BCUT2D eigenvalue weighted by Crippen LogP contribution is -2.49. The van der Waals surface area contributed by atoms with Gasteiger partial charge in [-0.05, 0) is 17.7 Å². The Bertz CT molecular complexity index is 763. The number of hydrogen-bond donors (Lipinski definition) is 2. The van der Waals surface area contributed by atoms with Gasteiger partial charge in [0.2, 0.25) is 5.91 Å². The lowest BCUT2D eigenvalue weighted by atomic mass is 10.0. The topological polar surface area (TPSA) is 70.6 Å². The van der Waals surface area contributed by atoms with Gasteiger partial charge in [0.15, 0.2) is 5.17 Å². The maximum atomic E-state index is 12.7. The molecule has 2 aromatic rings. The van der Waals surface area contributed by atoms with E-state index in [1.54, 1.807) is 24.3 Å². The van der Waals surface area contributed by atoms with Crippen LogP contribution in [0.15, 0.2) is 65.7 Å². The summed E-state index contributed by atoms with van der Waals surface area (Å²) in [5.74, 6) is 0.356. The zero-order chi connectivity index (χ0) is 17.5. The number of amides is 2. The first-order valence-corrected chi connectivity index (χ1v) is 9.09. The highest BCUT2D eigenvalue weighted by Crippen LogP contribution is 2.10. The van der Waals surface area contributed by atoms with Gasteiger partial charge < -0.3 is 10.6 Å². The van der Waals surface area contributed by atoms with Gasteiger partial charge in [-0.1, -0.05) is 60.3 Å². The standard InChI is InChI=1S/C19H19N3O2S/c23-17(15-9-5-2-6-10-15)21-16(13-14-7-3-1-4-8-14)18(24)22-19-20-11-12-25-19/h1-10,16H,11-13H2,(H,21,23)(H,20,22,24)/t16-/m1/s1. The van der Waals surface area contributed by atoms with E-state index in [2.05, 4.69) is 15.6 Å². The molecule has 25 heavy (non-hydrogen) atoms. The molecular formula is C19H19N3O2S. The number of benzene rings is 2. The summed E-state index contributed by atoms with van der Waals surface area (Å²) in [4.78, 5) is 29.3. The first kappa shape index (κ1) is 17.2. The summed E-state index contributed by atoms with van der Waals surface area (Å²) >= 11 is 1.52. The molecule has 1 atom stereocenters. The van der Waals surface area contributed by atoms with Gasteiger partial charge >= 0.3 is 0 Å². The third kappa shape index (κ3) is 4.93. The van der Waals surface area contributed by atoms with Gasteiger partial charge in [-0.2, -0.15) is 0 Å². The van der Waals surface area contributed by atoms with E-state index in [1.165, 1.54) is 11.8 Å². The fraction of sp³-hybridized carbons (Fsp3) is 0.211. The van der Waals surface area contributed by atoms with Gasteiger partial charge in [-0.15, -0.1) is 0 Å². The van der Waals surface area contributed by atoms with Crippen molar-refractivity contribution >= 4 is 28.7 Å². The van der Waals surface area contributed by atoms with E-state index in [9.17, 15) is 9.59 Å². The smallest absolute Gasteiger partial charge is 0.251 e. The summed E-state index contributed by atoms with van der Waals surface area (Å²) in [6.45, 7) is 0.708. The number of amidine groups is 1. The van der Waals surface area contributed by atoms with Crippen molar-refractivity contribution in [2.45, 2.75) is 12.5 Å². The van der Waals surface area contributed by atoms with Crippen molar-refractivity contribution in [3.8, 4) is 0 Å². The van der Waals surface area contributed by atoms with E-state index < -0.39 is 6.04 Å². The van der Waals surface area contributed by atoms with Crippen molar-refractivity contribution in [3.05, 3.63) is 71.8 Å². The molecule has 0 fully saturated rings. The number of nitrogens with zero attached hydrogens (tertiary/aromatic N) is 1. The number of carbonyl (C=O) groups is 2. The predicted octanol–water partition coefficient (Wildman–Crippen LogP) is 2.25. The first-order valence-electron chi connectivity index (χ1n) is 8.10. The molecule has 1 heterocycles. The Labute approximate surface area is 150 Å². The molecule has 0 aliphatic carbocycles. The summed E-state index contributed by atoms with van der Waals surface area (Å²) in [7, 11) is 0. The molecule has 0 bridgehead atoms. The second kappa shape index (κ2) is 8.48. The van der Waals surface area contributed by atoms with Gasteiger partial charge in [0.05, 0.1) is 6.54 Å². The van der Waals surface area contributed by atoms with Crippen molar-refractivity contribution in [1.29, 1.82) is 0 Å². The Hall–Kier alpha value is -2.60. The molecule has 0 saturated carbocycles. The van der Waals surface area contributed by atoms with E-state index in [1.807, 2.05) is 36.4 Å². The van der Waals surface area contributed by atoms with E-state index >= 15 is 0 Å². The molecule has 2 N–H and O–H groups in total. The van der Waals surface area contributed by atoms with Crippen molar-refractivity contribution in [3.63, 3.8) is 0 Å². The van der Waals surface area contributed by atoms with Crippen LogP contribution >= 0.6 is 11.8 Å². The summed E-state index contributed by atoms with van der Waals surface area (Å²) in [6, 6.07) is 17.9. The summed E-state index contributed by atoms with van der Waals surface area (Å²) in [5.41, 5.74) is 1.51. The highest BCUT2D eigenvalue weighted by atomic mass is 32.2. The minimum absolute atomic E-state index is 0.249. The van der Waals surface area contributed by atoms with Gasteiger partial charge in [0.1, 0.15) is 6.04 Å². The molecule has 1 aliphatic rings. The Balaban J connectivity index is 1.73. The molecule has 0 unspecified atom stereocenters. The normalized spacial score (nSPS) is 14.5. The van der Waals surface area contributed by atoms with Crippen LogP contribution in [0.3, 0.4) is 0 Å². The lowest BCUT2D eigenvalue weighted by Gasteiger charge is -2.18. The number of hydrogen-bond acceptors (Lipinski definition) is 4. The van der Waals surface area contributed by atoms with Gasteiger partial charge in [0.25, 0.3) is 5.91 Å². The quantitative estimate of drug-likeness (QED) is 0.866. The van der Waals surface area contributed by atoms with Crippen LogP contribution in [0.2, 0.25) is 0 Å². The van der Waals surface area contributed by atoms with Crippen molar-refractivity contribution in [1.82, 2.24) is 10.6 Å². The number of nitrogens with one attached hydrogen (secondary N) is 2. The molecule has 6 heteroatoms. The fourth-order valence-corrected chi connectivity index (χ4v) is 3.22. The predicted molar refractivity (Wildman–Crippen MR) is 101 cm³/mol. The van der Waals surface area contributed by atoms with Gasteiger partial charge in [-0.3, -0.25) is 14.6 Å². The number of thioether (sulfide) groups is 1. The number of carbonyl (C=O) groups excluding carboxylic acids is 2. The van der Waals surface area contributed by atoms with Gasteiger partial charge in [-0.25, -0.2) is 0 Å². The zero-order valence-electron chi connectivity index (χ0n) is 13.6. The maximum absolute atomic E-state index is 12.7. The fourth-order valence-electron chi connectivity index (χ4n) is 2.49. The molecule has 0 saturated heterocycles. The number of rotatable bonds is 5. The summed E-state index contributed by atoms with van der Waals surface area (Å²) < 4.78 is 0. The molecule has 0 spiro atoms. The van der Waals surface area contributed by atoms with Crippen LogP contribution in [0, 0.1) is 0 Å². The molecular weight excluding hydrogens is 334 g/mol. The minimum atomic E-state index is -0.668. The SMILES string of the molecule is O=C(N[C@H](Cc1ccccc1)C(=O)NC1=NCCS1)c1ccccc1. The minimum Gasteiger partial charge on any atom is -0.340 e. The monoisotopic (exact) mass is 353 g/mol. The molecule has 128 valence electrons. The largest absolute Gasteiger partial charge is 0.340 e. The van der Waals surface area contributed by atoms with Crippen LogP contribution in [0.5, 0.6) is 0 Å². The Morgan fingerprint density at radius 1 is 1.04 bits per heavy atom. The summed E-state index contributed by atoms with van der Waals surface area (Å²) in [6.07, 6.45) is 0.420. The average Bonchev–Trinajstić information content (AvgIpc) is 3.15. The first-order chi connectivity index (χ1) is 12.2. The second-order valence-electron chi connectivity index (χ2n) is 5.61. The molecule has 0 aromatic heterocycles. The molecule has 2 aromatic carbocycles. The third-order valence-electron chi connectivity index (χ3n) is 3.76.